The summed E-state index contributed by atoms with van der Waals surface area (Å²) >= 11 is 0. The van der Waals surface area contributed by atoms with Gasteiger partial charge in [-0.1, -0.05) is 38.7 Å². The second kappa shape index (κ2) is 9.78. The third kappa shape index (κ3) is 4.83. The maximum atomic E-state index is 13.0. The quantitative estimate of drug-likeness (QED) is 0.650. The number of rotatable bonds is 8. The molecule has 1 aromatic carbocycles. The third-order valence-corrected chi connectivity index (χ3v) is 5.71. The zero-order valence-corrected chi connectivity index (χ0v) is 18.2. The number of carbonyl (C=O) groups is 2. The van der Waals surface area contributed by atoms with Gasteiger partial charge in [0.1, 0.15) is 17.0 Å². The first-order valence-electron chi connectivity index (χ1n) is 10.8. The monoisotopic (exact) mass is 412 g/mol. The van der Waals surface area contributed by atoms with Gasteiger partial charge >= 0.3 is 0 Å². The Kier molecular flexibility index (Phi) is 7.13. The van der Waals surface area contributed by atoms with Crippen LogP contribution in [0.5, 0.6) is 5.75 Å². The number of carbonyl (C=O) groups excluding carboxylic acids is 2. The van der Waals surface area contributed by atoms with Crippen molar-refractivity contribution in [1.29, 1.82) is 0 Å². The molecule has 0 aliphatic heterocycles. The molecule has 162 valence electrons. The minimum atomic E-state index is -0.853. The molecular formula is C23H32N4O3. The predicted octanol–water partition coefficient (Wildman–Crippen LogP) is 3.54. The molecule has 1 aromatic heterocycles. The van der Waals surface area contributed by atoms with Crippen molar-refractivity contribution < 1.29 is 14.3 Å². The molecule has 2 N–H and O–H groups in total. The predicted molar refractivity (Wildman–Crippen MR) is 116 cm³/mol. The summed E-state index contributed by atoms with van der Waals surface area (Å²) in [6.07, 6.45) is 7.93. The topological polar surface area (TPSA) is 85.2 Å². The summed E-state index contributed by atoms with van der Waals surface area (Å²) in [5.41, 5.74) is 1.26. The Morgan fingerprint density at radius 2 is 1.97 bits per heavy atom. The van der Waals surface area contributed by atoms with Crippen molar-refractivity contribution in [3.05, 3.63) is 41.7 Å². The van der Waals surface area contributed by atoms with E-state index < -0.39 is 5.54 Å². The van der Waals surface area contributed by atoms with Crippen molar-refractivity contribution in [2.24, 2.45) is 0 Å². The van der Waals surface area contributed by atoms with Crippen LogP contribution in [0.1, 0.15) is 67.9 Å². The van der Waals surface area contributed by atoms with Crippen molar-refractivity contribution in [2.45, 2.75) is 64.3 Å². The minimum absolute atomic E-state index is 0.0798. The number of ether oxygens (including phenoxy) is 1. The van der Waals surface area contributed by atoms with Crippen LogP contribution in [-0.4, -0.2) is 40.8 Å². The van der Waals surface area contributed by atoms with Gasteiger partial charge in [0.2, 0.25) is 5.91 Å². The molecule has 2 aromatic rings. The lowest BCUT2D eigenvalue weighted by atomic mass is 9.80. The normalized spacial score (nSPS) is 15.4. The Bertz CT molecular complexity index is 884. The number of hydrogen-bond acceptors (Lipinski definition) is 4. The molecule has 1 saturated carbocycles. The van der Waals surface area contributed by atoms with E-state index >= 15 is 0 Å². The van der Waals surface area contributed by atoms with E-state index in [1.165, 1.54) is 0 Å². The van der Waals surface area contributed by atoms with Gasteiger partial charge in [0.05, 0.1) is 7.11 Å². The summed E-state index contributed by atoms with van der Waals surface area (Å²) < 4.78 is 7.06. The van der Waals surface area contributed by atoms with Crippen LogP contribution < -0.4 is 15.4 Å². The third-order valence-electron chi connectivity index (χ3n) is 5.71. The Morgan fingerprint density at radius 1 is 1.20 bits per heavy atom. The second-order valence-electron chi connectivity index (χ2n) is 8.03. The van der Waals surface area contributed by atoms with Crippen LogP contribution in [-0.2, 0) is 4.79 Å². The van der Waals surface area contributed by atoms with Crippen LogP contribution in [0.4, 0.5) is 0 Å². The molecule has 7 heteroatoms. The standard InChI is InChI=1S/C23H32N4O3/c1-4-5-14-24-22(29)23(12-7-6-8-13-23)25-21(28)18-11-15-27(26-18)19-16-17(2)9-10-20(19)30-3/h9-11,15-16H,4-8,12-14H2,1-3H3,(H,24,29)(H,25,28). The van der Waals surface area contributed by atoms with Crippen molar-refractivity contribution in [2.75, 3.05) is 13.7 Å². The highest BCUT2D eigenvalue weighted by Crippen LogP contribution is 2.29. The zero-order chi connectivity index (χ0) is 21.6. The minimum Gasteiger partial charge on any atom is -0.494 e. The van der Waals surface area contributed by atoms with E-state index in [1.54, 1.807) is 24.1 Å². The number of nitrogens with zero attached hydrogens (tertiary/aromatic N) is 2. The first-order chi connectivity index (χ1) is 14.5. The maximum absolute atomic E-state index is 13.0. The average molecular weight is 413 g/mol. The molecule has 0 spiro atoms. The number of aryl methyl sites for hydroxylation is 1. The van der Waals surface area contributed by atoms with E-state index in [1.807, 2.05) is 25.1 Å². The van der Waals surface area contributed by atoms with Crippen LogP contribution in [0.15, 0.2) is 30.5 Å². The molecule has 0 unspecified atom stereocenters. The van der Waals surface area contributed by atoms with E-state index in [-0.39, 0.29) is 17.5 Å². The van der Waals surface area contributed by atoms with Gasteiger partial charge in [0.25, 0.3) is 5.91 Å². The molecule has 0 bridgehead atoms. The Balaban J connectivity index is 1.79. The molecule has 1 heterocycles. The van der Waals surface area contributed by atoms with E-state index in [2.05, 4.69) is 22.7 Å². The SMILES string of the molecule is CCCCNC(=O)C1(NC(=O)c2ccn(-c3cc(C)ccc3OC)n2)CCCCC1. The molecular weight excluding hydrogens is 380 g/mol. The van der Waals surface area contributed by atoms with Crippen LogP contribution in [0.25, 0.3) is 5.69 Å². The van der Waals surface area contributed by atoms with Gasteiger partial charge in [-0.3, -0.25) is 9.59 Å². The first-order valence-corrected chi connectivity index (χ1v) is 10.8. The summed E-state index contributed by atoms with van der Waals surface area (Å²) in [4.78, 5) is 26.0. The van der Waals surface area contributed by atoms with Crippen molar-refractivity contribution >= 4 is 11.8 Å². The molecule has 7 nitrogen and oxygen atoms in total. The Labute approximate surface area is 178 Å². The van der Waals surface area contributed by atoms with Crippen LogP contribution >= 0.6 is 0 Å². The zero-order valence-electron chi connectivity index (χ0n) is 18.2. The molecule has 1 aliphatic carbocycles. The fourth-order valence-electron chi connectivity index (χ4n) is 3.95. The molecule has 2 amide bonds. The van der Waals surface area contributed by atoms with Gasteiger partial charge in [-0.2, -0.15) is 5.10 Å². The second-order valence-corrected chi connectivity index (χ2v) is 8.03. The van der Waals surface area contributed by atoms with Gasteiger partial charge < -0.3 is 15.4 Å². The number of nitrogens with one attached hydrogen (secondary N) is 2. The Hall–Kier alpha value is -2.83. The van der Waals surface area contributed by atoms with Crippen molar-refractivity contribution in [3.8, 4) is 11.4 Å². The number of methoxy groups -OCH3 is 1. The van der Waals surface area contributed by atoms with E-state index in [9.17, 15) is 9.59 Å². The van der Waals surface area contributed by atoms with Crippen LogP contribution in [0, 0.1) is 6.92 Å². The van der Waals surface area contributed by atoms with Crippen LogP contribution in [0.3, 0.4) is 0 Å². The van der Waals surface area contributed by atoms with Gasteiger partial charge in [0.15, 0.2) is 5.69 Å². The van der Waals surface area contributed by atoms with Gasteiger partial charge in [-0.15, -0.1) is 0 Å². The smallest absolute Gasteiger partial charge is 0.272 e. The lowest BCUT2D eigenvalue weighted by molar-refractivity contribution is -0.128. The van der Waals surface area contributed by atoms with E-state index in [0.717, 1.165) is 43.4 Å². The van der Waals surface area contributed by atoms with E-state index in [0.29, 0.717) is 25.1 Å². The summed E-state index contributed by atoms with van der Waals surface area (Å²) in [5, 5.41) is 10.5. The summed E-state index contributed by atoms with van der Waals surface area (Å²) in [6, 6.07) is 7.47. The molecule has 1 aliphatic rings. The highest BCUT2D eigenvalue weighted by molar-refractivity contribution is 5.98. The number of unbranched alkanes of at least 4 members (excludes halogenated alkanes) is 1. The van der Waals surface area contributed by atoms with Crippen molar-refractivity contribution in [3.63, 3.8) is 0 Å². The number of amides is 2. The highest BCUT2D eigenvalue weighted by Gasteiger charge is 2.41. The van der Waals surface area contributed by atoms with Crippen LogP contribution in [0.2, 0.25) is 0 Å². The molecule has 0 radical (unpaired) electrons. The van der Waals surface area contributed by atoms with Crippen molar-refractivity contribution in [1.82, 2.24) is 20.4 Å². The first kappa shape index (κ1) is 21.9. The lowest BCUT2D eigenvalue weighted by Gasteiger charge is -2.36. The van der Waals surface area contributed by atoms with Gasteiger partial charge in [-0.05, 0) is 49.9 Å². The van der Waals surface area contributed by atoms with Gasteiger partial charge in [0, 0.05) is 12.7 Å². The van der Waals surface area contributed by atoms with Gasteiger partial charge in [-0.25, -0.2) is 4.68 Å². The highest BCUT2D eigenvalue weighted by atomic mass is 16.5. The Morgan fingerprint density at radius 3 is 2.67 bits per heavy atom. The number of benzene rings is 1. The lowest BCUT2D eigenvalue weighted by Crippen LogP contribution is -2.59. The fraction of sp³-hybridized carbons (Fsp3) is 0.522. The average Bonchev–Trinajstić information content (AvgIpc) is 3.25. The number of aromatic nitrogens is 2. The molecule has 0 saturated heterocycles. The summed E-state index contributed by atoms with van der Waals surface area (Å²) in [5.74, 6) is 0.270. The molecule has 30 heavy (non-hydrogen) atoms. The molecule has 3 rings (SSSR count). The summed E-state index contributed by atoms with van der Waals surface area (Å²) in [6.45, 7) is 4.71. The molecule has 0 atom stereocenters. The fourth-order valence-corrected chi connectivity index (χ4v) is 3.95. The summed E-state index contributed by atoms with van der Waals surface area (Å²) in [7, 11) is 1.61. The maximum Gasteiger partial charge on any atom is 0.272 e. The molecule has 1 fully saturated rings. The largest absolute Gasteiger partial charge is 0.494 e. The number of hydrogen-bond donors (Lipinski definition) is 2. The van der Waals surface area contributed by atoms with E-state index in [4.69, 9.17) is 4.74 Å².